The molecule has 2 bridgehead atoms. The van der Waals surface area contributed by atoms with Crippen LogP contribution in [0.3, 0.4) is 0 Å². The second-order valence-corrected chi connectivity index (χ2v) is 8.92. The second kappa shape index (κ2) is 5.95. The van der Waals surface area contributed by atoms with Crippen LogP contribution in [0.5, 0.6) is 0 Å². The molecule has 0 saturated carbocycles. The van der Waals surface area contributed by atoms with Crippen LogP contribution < -0.4 is 0 Å². The van der Waals surface area contributed by atoms with Crippen molar-refractivity contribution in [3.63, 3.8) is 0 Å². The SMILES string of the molecule is CC1c2cccc(c2)-c2nc3cccc4c3n2-c2c1cc(-c1ccccc1)cc2C4C. The summed E-state index contributed by atoms with van der Waals surface area (Å²) in [6, 6.07) is 31.1. The predicted octanol–water partition coefficient (Wildman–Crippen LogP) is 7.29. The van der Waals surface area contributed by atoms with Crippen LogP contribution in [-0.4, -0.2) is 9.55 Å². The van der Waals surface area contributed by atoms with Crippen molar-refractivity contribution in [2.75, 3.05) is 0 Å². The lowest BCUT2D eigenvalue weighted by Gasteiger charge is -2.32. The Hall–Kier alpha value is -3.65. The smallest absolute Gasteiger partial charge is 0.145 e. The van der Waals surface area contributed by atoms with E-state index < -0.39 is 0 Å². The Balaban J connectivity index is 1.68. The summed E-state index contributed by atoms with van der Waals surface area (Å²) in [5.74, 6) is 1.68. The first kappa shape index (κ1) is 17.1. The van der Waals surface area contributed by atoms with E-state index in [2.05, 4.69) is 103 Å². The molecule has 4 aromatic carbocycles. The summed E-state index contributed by atoms with van der Waals surface area (Å²) in [6.45, 7) is 4.69. The second-order valence-electron chi connectivity index (χ2n) is 8.92. The van der Waals surface area contributed by atoms with Gasteiger partial charge in [-0.1, -0.05) is 74.5 Å². The van der Waals surface area contributed by atoms with Crippen LogP contribution in [0, 0.1) is 0 Å². The zero-order valence-corrected chi connectivity index (χ0v) is 17.6. The van der Waals surface area contributed by atoms with Gasteiger partial charge in [0.25, 0.3) is 0 Å². The molecule has 0 saturated heterocycles. The van der Waals surface area contributed by atoms with Gasteiger partial charge in [0.2, 0.25) is 0 Å². The Labute approximate surface area is 181 Å². The predicted molar refractivity (Wildman–Crippen MR) is 127 cm³/mol. The summed E-state index contributed by atoms with van der Waals surface area (Å²) in [5.41, 5.74) is 12.9. The number of aromatic nitrogens is 2. The van der Waals surface area contributed by atoms with Gasteiger partial charge in [-0.25, -0.2) is 4.98 Å². The van der Waals surface area contributed by atoms with Gasteiger partial charge < -0.3 is 0 Å². The molecule has 5 aromatic rings. The van der Waals surface area contributed by atoms with Crippen LogP contribution in [0.1, 0.15) is 47.9 Å². The molecule has 1 aromatic heterocycles. The zero-order valence-electron chi connectivity index (χ0n) is 17.6. The molecule has 0 aliphatic carbocycles. The molecule has 7 rings (SSSR count). The third-order valence-electron chi connectivity index (χ3n) is 7.25. The highest BCUT2D eigenvalue weighted by atomic mass is 15.1. The largest absolute Gasteiger partial charge is 0.291 e. The number of hydrogen-bond acceptors (Lipinski definition) is 1. The van der Waals surface area contributed by atoms with Gasteiger partial charge in [-0.2, -0.15) is 0 Å². The van der Waals surface area contributed by atoms with Crippen LogP contribution in [0.15, 0.2) is 84.9 Å². The minimum absolute atomic E-state index is 0.306. The van der Waals surface area contributed by atoms with Crippen LogP contribution in [-0.2, 0) is 0 Å². The van der Waals surface area contributed by atoms with Crippen molar-refractivity contribution in [2.24, 2.45) is 0 Å². The molecule has 2 nitrogen and oxygen atoms in total. The van der Waals surface area contributed by atoms with E-state index in [1.807, 2.05) is 0 Å². The maximum Gasteiger partial charge on any atom is 0.145 e. The molecule has 2 aliphatic heterocycles. The molecular weight excluding hydrogens is 376 g/mol. The fourth-order valence-electron chi connectivity index (χ4n) is 5.60. The molecule has 2 aliphatic rings. The Kier molecular flexibility index (Phi) is 3.28. The van der Waals surface area contributed by atoms with E-state index in [1.165, 1.54) is 50.1 Å². The Morgan fingerprint density at radius 1 is 0.645 bits per heavy atom. The minimum Gasteiger partial charge on any atom is -0.291 e. The molecular formula is C29H22N2. The lowest BCUT2D eigenvalue weighted by Crippen LogP contribution is -2.17. The van der Waals surface area contributed by atoms with Crippen LogP contribution >= 0.6 is 0 Å². The van der Waals surface area contributed by atoms with E-state index in [9.17, 15) is 0 Å². The van der Waals surface area contributed by atoms with E-state index >= 15 is 0 Å². The van der Waals surface area contributed by atoms with E-state index in [0.29, 0.717) is 11.8 Å². The van der Waals surface area contributed by atoms with Gasteiger partial charge in [0.05, 0.1) is 16.7 Å². The van der Waals surface area contributed by atoms with Gasteiger partial charge in [-0.3, -0.25) is 4.57 Å². The number of fused-ring (bicyclic) bond motifs is 3. The molecule has 0 fully saturated rings. The molecule has 3 heterocycles. The molecule has 2 heteroatoms. The molecule has 0 radical (unpaired) electrons. The van der Waals surface area contributed by atoms with Gasteiger partial charge >= 0.3 is 0 Å². The highest BCUT2D eigenvalue weighted by Gasteiger charge is 2.33. The van der Waals surface area contributed by atoms with Gasteiger partial charge in [0.1, 0.15) is 5.82 Å². The van der Waals surface area contributed by atoms with E-state index in [4.69, 9.17) is 4.98 Å². The van der Waals surface area contributed by atoms with Gasteiger partial charge in [0.15, 0.2) is 0 Å². The average molecular weight is 399 g/mol. The highest BCUT2D eigenvalue weighted by molar-refractivity contribution is 5.91. The van der Waals surface area contributed by atoms with Crippen molar-refractivity contribution in [1.82, 2.24) is 9.55 Å². The first-order valence-electron chi connectivity index (χ1n) is 11.1. The van der Waals surface area contributed by atoms with Crippen molar-refractivity contribution in [3.05, 3.63) is 107 Å². The number of rotatable bonds is 1. The topological polar surface area (TPSA) is 17.8 Å². The fraction of sp³-hybridized carbons (Fsp3) is 0.138. The van der Waals surface area contributed by atoms with Crippen molar-refractivity contribution < 1.29 is 0 Å². The van der Waals surface area contributed by atoms with Gasteiger partial charge in [-0.05, 0) is 57.6 Å². The van der Waals surface area contributed by atoms with Crippen LogP contribution in [0.4, 0.5) is 0 Å². The molecule has 0 amide bonds. The Morgan fingerprint density at radius 2 is 1.39 bits per heavy atom. The first-order chi connectivity index (χ1) is 15.2. The van der Waals surface area contributed by atoms with E-state index in [-0.39, 0.29) is 0 Å². The average Bonchev–Trinajstić information content (AvgIpc) is 3.21. The molecule has 2 atom stereocenters. The minimum atomic E-state index is 0.306. The van der Waals surface area contributed by atoms with Gasteiger partial charge in [0, 0.05) is 17.4 Å². The first-order valence-corrected chi connectivity index (χ1v) is 11.1. The number of para-hydroxylation sites is 1. The summed E-state index contributed by atoms with van der Waals surface area (Å²) in [7, 11) is 0. The van der Waals surface area contributed by atoms with Gasteiger partial charge in [-0.15, -0.1) is 0 Å². The maximum atomic E-state index is 5.12. The number of benzene rings is 4. The van der Waals surface area contributed by atoms with Crippen LogP contribution in [0.25, 0.3) is 39.2 Å². The standard InChI is InChI=1S/C29H22N2/c1-17-20-10-6-11-21(14-20)29-30-26-13-7-12-23-18(2)25-16-22(19-8-4-3-5-9-19)15-24(17)27(25)31(29)28(23)26/h3-18H,1-2H3. The summed E-state index contributed by atoms with van der Waals surface area (Å²) in [6.07, 6.45) is 0. The highest BCUT2D eigenvalue weighted by Crippen LogP contribution is 2.48. The maximum absolute atomic E-state index is 5.12. The molecule has 148 valence electrons. The van der Waals surface area contributed by atoms with Crippen molar-refractivity contribution in [2.45, 2.75) is 25.7 Å². The van der Waals surface area contributed by atoms with Crippen molar-refractivity contribution >= 4 is 11.0 Å². The number of nitrogens with zero attached hydrogens (tertiary/aromatic N) is 2. The Bertz CT molecular complexity index is 1510. The Morgan fingerprint density at radius 3 is 2.23 bits per heavy atom. The number of imidazole rings is 1. The molecule has 0 spiro atoms. The van der Waals surface area contributed by atoms with Crippen molar-refractivity contribution in [3.8, 4) is 28.2 Å². The quantitative estimate of drug-likeness (QED) is 0.290. The monoisotopic (exact) mass is 398 g/mol. The summed E-state index contributed by atoms with van der Waals surface area (Å²) in [5, 5.41) is 0. The summed E-state index contributed by atoms with van der Waals surface area (Å²) >= 11 is 0. The van der Waals surface area contributed by atoms with E-state index in [0.717, 1.165) is 11.3 Å². The number of hydrogen-bond donors (Lipinski definition) is 0. The summed E-state index contributed by atoms with van der Waals surface area (Å²) < 4.78 is 2.44. The lowest BCUT2D eigenvalue weighted by atomic mass is 9.80. The normalized spacial score (nSPS) is 18.0. The third-order valence-corrected chi connectivity index (χ3v) is 7.25. The fourth-order valence-corrected chi connectivity index (χ4v) is 5.60. The third kappa shape index (κ3) is 2.20. The summed E-state index contributed by atoms with van der Waals surface area (Å²) in [4.78, 5) is 5.12. The molecule has 0 N–H and O–H groups in total. The molecule has 31 heavy (non-hydrogen) atoms. The lowest BCUT2D eigenvalue weighted by molar-refractivity contribution is 0.831. The molecule has 2 unspecified atom stereocenters. The van der Waals surface area contributed by atoms with Crippen LogP contribution in [0.2, 0.25) is 0 Å². The zero-order chi connectivity index (χ0) is 20.7. The van der Waals surface area contributed by atoms with E-state index in [1.54, 1.807) is 0 Å². The van der Waals surface area contributed by atoms with Crippen molar-refractivity contribution in [1.29, 1.82) is 0 Å².